The van der Waals surface area contributed by atoms with Crippen LogP contribution in [0.15, 0.2) is 0 Å². The molecular weight excluding hydrogens is 154 g/mol. The Morgan fingerprint density at radius 3 is 3.08 bits per heavy atom. The molecule has 0 unspecified atom stereocenters. The van der Waals surface area contributed by atoms with Gasteiger partial charge in [0.05, 0.1) is 17.9 Å². The van der Waals surface area contributed by atoms with Crippen LogP contribution in [0.2, 0.25) is 0 Å². The summed E-state index contributed by atoms with van der Waals surface area (Å²) in [6.45, 7) is 2.37. The summed E-state index contributed by atoms with van der Waals surface area (Å²) in [5.74, 6) is -0.547. The fraction of sp³-hybridized carbons (Fsp3) is 0.778. The third-order valence-corrected chi connectivity index (χ3v) is 2.23. The third kappa shape index (κ3) is 1.76. The van der Waals surface area contributed by atoms with E-state index in [4.69, 9.17) is 10.00 Å². The molecule has 3 nitrogen and oxygen atoms in total. The molecule has 0 N–H and O–H groups in total. The summed E-state index contributed by atoms with van der Waals surface area (Å²) < 4.78 is 4.80. The van der Waals surface area contributed by atoms with E-state index in [0.29, 0.717) is 6.61 Å². The molecule has 66 valence electrons. The number of cyclic esters (lactones) is 1. The Balaban J connectivity index is 2.47. The van der Waals surface area contributed by atoms with E-state index in [0.717, 1.165) is 19.3 Å². The summed E-state index contributed by atoms with van der Waals surface area (Å²) in [5, 5.41) is 8.67. The zero-order chi connectivity index (χ0) is 8.97. The number of esters is 1. The van der Waals surface area contributed by atoms with Crippen molar-refractivity contribution in [3.8, 4) is 6.07 Å². The fourth-order valence-corrected chi connectivity index (χ4v) is 1.43. The average molecular weight is 167 g/mol. The highest BCUT2D eigenvalue weighted by atomic mass is 16.5. The number of hydrogen-bond acceptors (Lipinski definition) is 3. The highest BCUT2D eigenvalue weighted by Gasteiger charge is 2.36. The molecule has 1 saturated heterocycles. The Morgan fingerprint density at radius 2 is 2.50 bits per heavy atom. The number of ether oxygens (including phenoxy) is 1. The maximum atomic E-state index is 11.1. The summed E-state index contributed by atoms with van der Waals surface area (Å²) in [6.07, 6.45) is 2.85. The Labute approximate surface area is 72.3 Å². The molecule has 1 aliphatic rings. The number of nitrogens with zero attached hydrogens (tertiary/aromatic N) is 1. The molecule has 0 aromatic rings. The number of nitriles is 1. The van der Waals surface area contributed by atoms with E-state index >= 15 is 0 Å². The molecule has 1 aliphatic heterocycles. The zero-order valence-corrected chi connectivity index (χ0v) is 7.25. The van der Waals surface area contributed by atoms with Gasteiger partial charge >= 0.3 is 5.97 Å². The van der Waals surface area contributed by atoms with Crippen LogP contribution in [0.3, 0.4) is 0 Å². The summed E-state index contributed by atoms with van der Waals surface area (Å²) >= 11 is 0. The van der Waals surface area contributed by atoms with Crippen molar-refractivity contribution in [2.24, 2.45) is 11.8 Å². The Hall–Kier alpha value is -1.04. The maximum absolute atomic E-state index is 11.1. The van der Waals surface area contributed by atoms with Crippen LogP contribution in [0.5, 0.6) is 0 Å². The predicted octanol–water partition coefficient (Wildman–Crippen LogP) is 1.49. The standard InChI is InChI=1S/C9H13NO2/c1-2-3-4-8-7(5-10)6-12-9(8)11/h7-8H,2-4,6H2,1H3/t7-,8-/m0/s1. The van der Waals surface area contributed by atoms with Crippen molar-refractivity contribution in [1.29, 1.82) is 5.26 Å². The van der Waals surface area contributed by atoms with Crippen LogP contribution in [0.1, 0.15) is 26.2 Å². The zero-order valence-electron chi connectivity index (χ0n) is 7.25. The number of carbonyl (C=O) groups excluding carboxylic acids is 1. The Bertz CT molecular complexity index is 207. The first-order valence-electron chi connectivity index (χ1n) is 4.35. The quantitative estimate of drug-likeness (QED) is 0.598. The van der Waals surface area contributed by atoms with Gasteiger partial charge < -0.3 is 4.74 Å². The highest BCUT2D eigenvalue weighted by Crippen LogP contribution is 2.26. The molecule has 0 radical (unpaired) electrons. The highest BCUT2D eigenvalue weighted by molar-refractivity contribution is 5.75. The van der Waals surface area contributed by atoms with Crippen molar-refractivity contribution in [2.45, 2.75) is 26.2 Å². The van der Waals surface area contributed by atoms with E-state index in [-0.39, 0.29) is 17.8 Å². The first kappa shape index (κ1) is 9.05. The van der Waals surface area contributed by atoms with Crippen molar-refractivity contribution in [3.63, 3.8) is 0 Å². The molecule has 0 amide bonds. The Morgan fingerprint density at radius 1 is 1.75 bits per heavy atom. The van der Waals surface area contributed by atoms with Crippen LogP contribution in [-0.4, -0.2) is 12.6 Å². The predicted molar refractivity (Wildman–Crippen MR) is 43.1 cm³/mol. The van der Waals surface area contributed by atoms with Crippen LogP contribution in [-0.2, 0) is 9.53 Å². The van der Waals surface area contributed by atoms with Gasteiger partial charge in [-0.15, -0.1) is 0 Å². The lowest BCUT2D eigenvalue weighted by molar-refractivity contribution is -0.141. The number of unbranched alkanes of at least 4 members (excludes halogenated alkanes) is 1. The molecule has 0 aromatic heterocycles. The maximum Gasteiger partial charge on any atom is 0.310 e. The molecule has 0 saturated carbocycles. The van der Waals surface area contributed by atoms with Crippen molar-refractivity contribution in [1.82, 2.24) is 0 Å². The van der Waals surface area contributed by atoms with Crippen molar-refractivity contribution in [3.05, 3.63) is 0 Å². The average Bonchev–Trinajstić information content (AvgIpc) is 2.43. The molecule has 1 heterocycles. The van der Waals surface area contributed by atoms with Crippen LogP contribution >= 0.6 is 0 Å². The van der Waals surface area contributed by atoms with E-state index in [9.17, 15) is 4.79 Å². The minimum atomic E-state index is -0.205. The first-order valence-corrected chi connectivity index (χ1v) is 4.35. The van der Waals surface area contributed by atoms with Gasteiger partial charge in [-0.1, -0.05) is 19.8 Å². The molecule has 0 bridgehead atoms. The smallest absolute Gasteiger partial charge is 0.310 e. The third-order valence-electron chi connectivity index (χ3n) is 2.23. The van der Waals surface area contributed by atoms with Gasteiger partial charge in [0.1, 0.15) is 6.61 Å². The van der Waals surface area contributed by atoms with Crippen molar-refractivity contribution >= 4 is 5.97 Å². The second-order valence-electron chi connectivity index (χ2n) is 3.11. The van der Waals surface area contributed by atoms with Gasteiger partial charge in [0, 0.05) is 0 Å². The summed E-state index contributed by atoms with van der Waals surface area (Å²) in [5.41, 5.74) is 0. The number of rotatable bonds is 3. The molecule has 0 aromatic carbocycles. The number of hydrogen-bond donors (Lipinski definition) is 0. The Kier molecular flexibility index (Phi) is 3.09. The second-order valence-corrected chi connectivity index (χ2v) is 3.11. The molecule has 2 atom stereocenters. The monoisotopic (exact) mass is 167 g/mol. The minimum absolute atomic E-state index is 0.157. The summed E-state index contributed by atoms with van der Waals surface area (Å²) in [4.78, 5) is 11.1. The molecule has 0 spiro atoms. The van der Waals surface area contributed by atoms with Gasteiger partial charge in [0.25, 0.3) is 0 Å². The molecule has 3 heteroatoms. The fourth-order valence-electron chi connectivity index (χ4n) is 1.43. The van der Waals surface area contributed by atoms with Crippen LogP contribution < -0.4 is 0 Å². The molecule has 0 aliphatic carbocycles. The summed E-state index contributed by atoms with van der Waals surface area (Å²) in [7, 11) is 0. The van der Waals surface area contributed by atoms with Crippen molar-refractivity contribution in [2.75, 3.05) is 6.61 Å². The van der Waals surface area contributed by atoms with Gasteiger partial charge in [0.2, 0.25) is 0 Å². The van der Waals surface area contributed by atoms with Crippen molar-refractivity contribution < 1.29 is 9.53 Å². The lowest BCUT2D eigenvalue weighted by atomic mass is 9.92. The van der Waals surface area contributed by atoms with E-state index in [1.807, 2.05) is 0 Å². The molecular formula is C9H13NO2. The second kappa shape index (κ2) is 4.10. The first-order chi connectivity index (χ1) is 5.79. The van der Waals surface area contributed by atoms with Crippen LogP contribution in [0, 0.1) is 23.2 Å². The van der Waals surface area contributed by atoms with Gasteiger partial charge in [0.15, 0.2) is 0 Å². The van der Waals surface area contributed by atoms with E-state index in [1.165, 1.54) is 0 Å². The van der Waals surface area contributed by atoms with Crippen LogP contribution in [0.4, 0.5) is 0 Å². The molecule has 12 heavy (non-hydrogen) atoms. The molecule has 1 rings (SSSR count). The minimum Gasteiger partial charge on any atom is -0.464 e. The van der Waals surface area contributed by atoms with Gasteiger partial charge in [-0.2, -0.15) is 5.26 Å². The van der Waals surface area contributed by atoms with Gasteiger partial charge in [-0.3, -0.25) is 4.79 Å². The van der Waals surface area contributed by atoms with E-state index in [1.54, 1.807) is 0 Å². The SMILES string of the molecule is CCCC[C@@H]1C(=O)OC[C@@H]1C#N. The van der Waals surface area contributed by atoms with Crippen LogP contribution in [0.25, 0.3) is 0 Å². The topological polar surface area (TPSA) is 50.1 Å². The normalized spacial score (nSPS) is 28.2. The van der Waals surface area contributed by atoms with E-state index in [2.05, 4.69) is 13.0 Å². The lowest BCUT2D eigenvalue weighted by Crippen LogP contribution is -2.14. The van der Waals surface area contributed by atoms with E-state index < -0.39 is 0 Å². The van der Waals surface area contributed by atoms with Gasteiger partial charge in [-0.05, 0) is 6.42 Å². The van der Waals surface area contributed by atoms with Gasteiger partial charge in [-0.25, -0.2) is 0 Å². The largest absolute Gasteiger partial charge is 0.464 e. The number of carbonyl (C=O) groups is 1. The molecule has 1 fully saturated rings. The lowest BCUT2D eigenvalue weighted by Gasteiger charge is -2.06. The summed E-state index contributed by atoms with van der Waals surface area (Å²) in [6, 6.07) is 2.11.